The molecule has 0 bridgehead atoms. The number of allylic oxidation sites excluding steroid dienone is 2. The smallest absolute Gasteiger partial charge is 0.257 e. The van der Waals surface area contributed by atoms with Gasteiger partial charge in [0.05, 0.1) is 17.2 Å². The van der Waals surface area contributed by atoms with Crippen molar-refractivity contribution in [2.45, 2.75) is 27.7 Å². The number of carbonyl (C=O) groups is 2. The van der Waals surface area contributed by atoms with Gasteiger partial charge >= 0.3 is 0 Å². The second kappa shape index (κ2) is 7.58. The summed E-state index contributed by atoms with van der Waals surface area (Å²) in [6.45, 7) is 8.21. The maximum atomic E-state index is 13.0. The number of carbonyl (C=O) groups excluding carboxylic acids is 2. The van der Waals surface area contributed by atoms with Gasteiger partial charge < -0.3 is 10.6 Å². The predicted octanol–water partition coefficient (Wildman–Crippen LogP) is 5.25. The number of anilines is 2. The molecule has 0 saturated heterocycles. The monoisotopic (exact) mass is 380 g/mol. The average Bonchev–Trinajstić information content (AvgIpc) is 3.16. The van der Waals surface area contributed by atoms with E-state index in [1.807, 2.05) is 13.8 Å². The highest BCUT2D eigenvalue weighted by Crippen LogP contribution is 2.59. The van der Waals surface area contributed by atoms with Gasteiger partial charge in [-0.15, -0.1) is 0 Å². The highest BCUT2D eigenvalue weighted by atomic mass is 19.1. The van der Waals surface area contributed by atoms with E-state index in [-0.39, 0.29) is 34.9 Å². The molecule has 0 aliphatic heterocycles. The van der Waals surface area contributed by atoms with E-state index >= 15 is 0 Å². The minimum absolute atomic E-state index is 0.0884. The number of para-hydroxylation sites is 1. The Hall–Kier alpha value is -2.95. The fourth-order valence-electron chi connectivity index (χ4n) is 3.58. The third-order valence-electron chi connectivity index (χ3n) is 5.24. The highest BCUT2D eigenvalue weighted by Gasteiger charge is 2.60. The zero-order valence-electron chi connectivity index (χ0n) is 16.5. The van der Waals surface area contributed by atoms with Gasteiger partial charge in [0, 0.05) is 5.69 Å². The first-order valence-electron chi connectivity index (χ1n) is 9.32. The van der Waals surface area contributed by atoms with E-state index in [4.69, 9.17) is 0 Å². The highest BCUT2D eigenvalue weighted by molar-refractivity contribution is 6.10. The van der Waals surface area contributed by atoms with Crippen molar-refractivity contribution in [2.24, 2.45) is 17.3 Å². The van der Waals surface area contributed by atoms with E-state index in [2.05, 4.69) is 30.6 Å². The van der Waals surface area contributed by atoms with Crippen LogP contribution in [0, 0.1) is 23.1 Å². The van der Waals surface area contributed by atoms with E-state index in [0.717, 1.165) is 0 Å². The molecule has 0 unspecified atom stereocenters. The molecule has 2 aromatic rings. The number of hydrogen-bond acceptors (Lipinski definition) is 2. The summed E-state index contributed by atoms with van der Waals surface area (Å²) in [6.07, 6.45) is 2.14. The number of nitrogens with one attached hydrogen (secondary N) is 2. The molecule has 1 aliphatic carbocycles. The van der Waals surface area contributed by atoms with Crippen LogP contribution in [0.15, 0.2) is 60.2 Å². The molecule has 1 fully saturated rings. The molecule has 2 N–H and O–H groups in total. The SMILES string of the molecule is CC(C)=C[C@@H]1[C@H](C(=O)Nc2ccccc2C(=O)Nc2ccc(F)cc2)C1(C)C. The van der Waals surface area contributed by atoms with Crippen LogP contribution in [0.25, 0.3) is 0 Å². The Balaban J connectivity index is 1.75. The van der Waals surface area contributed by atoms with Crippen molar-refractivity contribution in [3.63, 3.8) is 0 Å². The van der Waals surface area contributed by atoms with Crippen molar-refractivity contribution < 1.29 is 14.0 Å². The molecule has 1 saturated carbocycles. The summed E-state index contributed by atoms with van der Waals surface area (Å²) in [7, 11) is 0. The molecule has 2 atom stereocenters. The van der Waals surface area contributed by atoms with Gasteiger partial charge in [-0.1, -0.05) is 37.6 Å². The number of hydrogen-bond donors (Lipinski definition) is 2. The third kappa shape index (κ3) is 4.14. The second-order valence-corrected chi connectivity index (χ2v) is 8.06. The first-order valence-corrected chi connectivity index (χ1v) is 9.32. The summed E-state index contributed by atoms with van der Waals surface area (Å²) in [5, 5.41) is 5.65. The van der Waals surface area contributed by atoms with Crippen molar-refractivity contribution in [3.05, 3.63) is 71.6 Å². The van der Waals surface area contributed by atoms with E-state index in [1.54, 1.807) is 24.3 Å². The summed E-state index contributed by atoms with van der Waals surface area (Å²) in [5.74, 6) is -0.759. The molecule has 0 aromatic heterocycles. The maximum Gasteiger partial charge on any atom is 0.257 e. The van der Waals surface area contributed by atoms with Gasteiger partial charge in [0.1, 0.15) is 5.82 Å². The maximum absolute atomic E-state index is 13.0. The predicted molar refractivity (Wildman–Crippen MR) is 110 cm³/mol. The van der Waals surface area contributed by atoms with E-state index < -0.39 is 0 Å². The lowest BCUT2D eigenvalue weighted by molar-refractivity contribution is -0.118. The second-order valence-electron chi connectivity index (χ2n) is 8.06. The molecule has 3 rings (SSSR count). The minimum atomic E-state index is -0.372. The first-order chi connectivity index (χ1) is 13.2. The summed E-state index contributed by atoms with van der Waals surface area (Å²) in [5.41, 5.74) is 2.39. The summed E-state index contributed by atoms with van der Waals surface area (Å²) in [6, 6.07) is 12.4. The molecule has 2 aromatic carbocycles. The van der Waals surface area contributed by atoms with Crippen LogP contribution >= 0.6 is 0 Å². The molecule has 0 heterocycles. The van der Waals surface area contributed by atoms with Gasteiger partial charge in [-0.2, -0.15) is 0 Å². The quantitative estimate of drug-likeness (QED) is 0.696. The molecule has 0 spiro atoms. The zero-order chi connectivity index (χ0) is 20.5. The van der Waals surface area contributed by atoms with E-state index in [9.17, 15) is 14.0 Å². The van der Waals surface area contributed by atoms with Gasteiger partial charge in [-0.05, 0) is 61.6 Å². The van der Waals surface area contributed by atoms with Crippen LogP contribution in [0.5, 0.6) is 0 Å². The van der Waals surface area contributed by atoms with E-state index in [0.29, 0.717) is 16.9 Å². The molecule has 1 aliphatic rings. The van der Waals surface area contributed by atoms with Gasteiger partial charge in [0.15, 0.2) is 0 Å². The largest absolute Gasteiger partial charge is 0.325 e. The Morgan fingerprint density at radius 2 is 1.64 bits per heavy atom. The summed E-state index contributed by atoms with van der Waals surface area (Å²) < 4.78 is 13.0. The Kier molecular flexibility index (Phi) is 5.36. The summed E-state index contributed by atoms with van der Waals surface area (Å²) >= 11 is 0. The molecule has 146 valence electrons. The Morgan fingerprint density at radius 3 is 2.29 bits per heavy atom. The number of halogens is 1. The minimum Gasteiger partial charge on any atom is -0.325 e. The van der Waals surface area contributed by atoms with Gasteiger partial charge in [0.2, 0.25) is 5.91 Å². The normalized spacial score (nSPS) is 19.5. The van der Waals surface area contributed by atoms with Crippen molar-refractivity contribution >= 4 is 23.2 Å². The third-order valence-corrected chi connectivity index (χ3v) is 5.24. The molecule has 2 amide bonds. The topological polar surface area (TPSA) is 58.2 Å². The number of amides is 2. The van der Waals surface area contributed by atoms with Crippen LogP contribution < -0.4 is 10.6 Å². The van der Waals surface area contributed by atoms with Crippen LogP contribution in [-0.4, -0.2) is 11.8 Å². The van der Waals surface area contributed by atoms with Crippen LogP contribution in [0.4, 0.5) is 15.8 Å². The Bertz CT molecular complexity index is 928. The molecule has 4 nitrogen and oxygen atoms in total. The first kappa shape index (κ1) is 19.8. The van der Waals surface area contributed by atoms with E-state index in [1.165, 1.54) is 29.8 Å². The van der Waals surface area contributed by atoms with Crippen molar-refractivity contribution in [2.75, 3.05) is 10.6 Å². The van der Waals surface area contributed by atoms with Gasteiger partial charge in [0.25, 0.3) is 5.91 Å². The number of benzene rings is 2. The fraction of sp³-hybridized carbons (Fsp3) is 0.304. The lowest BCUT2D eigenvalue weighted by atomic mass is 10.1. The molecular formula is C23H25FN2O2. The van der Waals surface area contributed by atoms with Gasteiger partial charge in [-0.25, -0.2) is 4.39 Å². The van der Waals surface area contributed by atoms with Crippen molar-refractivity contribution in [1.29, 1.82) is 0 Å². The molecule has 0 radical (unpaired) electrons. The average molecular weight is 380 g/mol. The summed E-state index contributed by atoms with van der Waals surface area (Å²) in [4.78, 5) is 25.5. The molecular weight excluding hydrogens is 355 g/mol. The molecule has 5 heteroatoms. The Morgan fingerprint density at radius 1 is 1.00 bits per heavy atom. The van der Waals surface area contributed by atoms with Crippen LogP contribution in [0.1, 0.15) is 38.1 Å². The standard InChI is InChI=1S/C23H25FN2O2/c1-14(2)13-18-20(23(18,3)4)22(28)26-19-8-6-5-7-17(19)21(27)25-16-11-9-15(24)10-12-16/h5-13,18,20H,1-4H3,(H,25,27)(H,26,28)/t18-,20-/m1/s1. The van der Waals surface area contributed by atoms with Crippen LogP contribution in [0.3, 0.4) is 0 Å². The fourth-order valence-corrected chi connectivity index (χ4v) is 3.58. The van der Waals surface area contributed by atoms with Crippen LogP contribution in [0.2, 0.25) is 0 Å². The lowest BCUT2D eigenvalue weighted by Gasteiger charge is -2.12. The van der Waals surface area contributed by atoms with Crippen molar-refractivity contribution in [3.8, 4) is 0 Å². The zero-order valence-corrected chi connectivity index (χ0v) is 16.5. The lowest BCUT2D eigenvalue weighted by Crippen LogP contribution is -2.20. The van der Waals surface area contributed by atoms with Crippen LogP contribution in [-0.2, 0) is 4.79 Å². The Labute approximate surface area is 164 Å². The van der Waals surface area contributed by atoms with Gasteiger partial charge in [-0.3, -0.25) is 9.59 Å². The van der Waals surface area contributed by atoms with Crippen molar-refractivity contribution in [1.82, 2.24) is 0 Å². The molecule has 28 heavy (non-hydrogen) atoms. The number of rotatable bonds is 5.